The first-order valence-electron chi connectivity index (χ1n) is 16.0. The normalized spacial score (nSPS) is 13.4. The number of aromatic nitrogens is 2. The second-order valence-corrected chi connectivity index (χ2v) is 11.9. The fourth-order valence-electron chi connectivity index (χ4n) is 5.15. The summed E-state index contributed by atoms with van der Waals surface area (Å²) in [4.78, 5) is 47.3. The Balaban J connectivity index is 1.46. The van der Waals surface area contributed by atoms with Crippen LogP contribution in [0, 0.1) is 5.92 Å². The van der Waals surface area contributed by atoms with Crippen molar-refractivity contribution in [1.29, 1.82) is 0 Å². The molecule has 0 aliphatic carbocycles. The van der Waals surface area contributed by atoms with Crippen molar-refractivity contribution in [2.45, 2.75) is 70.6 Å². The number of hydrogen-bond acceptors (Lipinski definition) is 8. The van der Waals surface area contributed by atoms with Gasteiger partial charge in [0.05, 0.1) is 12.1 Å². The molecule has 3 amide bonds. The molecule has 0 spiro atoms. The number of hydrogen-bond donors (Lipinski definition) is 4. The molecular formula is C37H43N5O6. The third-order valence-electron chi connectivity index (χ3n) is 7.67. The summed E-state index contributed by atoms with van der Waals surface area (Å²) in [5, 5.41) is 20.2. The van der Waals surface area contributed by atoms with Gasteiger partial charge in [-0.3, -0.25) is 14.8 Å². The zero-order chi connectivity index (χ0) is 34.1. The van der Waals surface area contributed by atoms with Crippen LogP contribution in [0.5, 0.6) is 0 Å². The highest BCUT2D eigenvalue weighted by atomic mass is 16.6. The lowest BCUT2D eigenvalue weighted by atomic mass is 9.93. The van der Waals surface area contributed by atoms with Gasteiger partial charge in [-0.15, -0.1) is 0 Å². The highest BCUT2D eigenvalue weighted by Crippen LogP contribution is 2.16. The van der Waals surface area contributed by atoms with Gasteiger partial charge in [-0.2, -0.15) is 0 Å². The standard InChI is InChI=1S/C37H43N5O6/c1-26(2)34(42-37(46)48-25-30-16-10-18-39-23-30)35(44)41-32(20-28-13-7-4-8-14-28)33(43)21-31(19-27-11-5-3-6-12-27)40-36(45)47-24-29-15-9-17-38-22-29/h3-18,22-23,26,31-34,43H,19-21,24-25H2,1-2H3,(H,40,45)(H,41,44)(H,42,46)/t31-,32-,33-,34-/m0/s1. The second kappa shape index (κ2) is 18.8. The van der Waals surface area contributed by atoms with E-state index in [1.165, 1.54) is 0 Å². The Bertz CT molecular complexity index is 1540. The molecule has 0 aliphatic rings. The summed E-state index contributed by atoms with van der Waals surface area (Å²) < 4.78 is 10.8. The molecule has 0 saturated heterocycles. The summed E-state index contributed by atoms with van der Waals surface area (Å²) in [6, 6.07) is 24.0. The predicted molar refractivity (Wildman–Crippen MR) is 180 cm³/mol. The largest absolute Gasteiger partial charge is 0.445 e. The summed E-state index contributed by atoms with van der Waals surface area (Å²) in [6.45, 7) is 3.67. The molecule has 4 rings (SSSR count). The van der Waals surface area contributed by atoms with E-state index >= 15 is 0 Å². The van der Waals surface area contributed by atoms with Crippen molar-refractivity contribution in [2.24, 2.45) is 5.92 Å². The number of ether oxygens (including phenoxy) is 2. The fourth-order valence-corrected chi connectivity index (χ4v) is 5.15. The predicted octanol–water partition coefficient (Wildman–Crippen LogP) is 4.74. The first-order chi connectivity index (χ1) is 23.3. The van der Waals surface area contributed by atoms with Crippen LogP contribution in [-0.2, 0) is 40.3 Å². The van der Waals surface area contributed by atoms with E-state index in [-0.39, 0.29) is 25.6 Å². The fraction of sp³-hybridized carbons (Fsp3) is 0.324. The van der Waals surface area contributed by atoms with Crippen molar-refractivity contribution in [2.75, 3.05) is 0 Å². The number of amides is 3. The summed E-state index contributed by atoms with van der Waals surface area (Å²) in [5.74, 6) is -0.751. The zero-order valence-corrected chi connectivity index (χ0v) is 27.2. The van der Waals surface area contributed by atoms with E-state index < -0.39 is 42.3 Å². The van der Waals surface area contributed by atoms with E-state index in [9.17, 15) is 19.5 Å². The van der Waals surface area contributed by atoms with Crippen molar-refractivity contribution < 1.29 is 29.0 Å². The van der Waals surface area contributed by atoms with Gasteiger partial charge < -0.3 is 30.5 Å². The van der Waals surface area contributed by atoms with Crippen LogP contribution in [0.3, 0.4) is 0 Å². The maximum absolute atomic E-state index is 13.7. The number of aliphatic hydroxyl groups excluding tert-OH is 1. The van der Waals surface area contributed by atoms with Crippen LogP contribution in [-0.4, -0.2) is 57.4 Å². The van der Waals surface area contributed by atoms with Crippen molar-refractivity contribution in [3.8, 4) is 0 Å². The molecule has 0 saturated carbocycles. The topological polar surface area (TPSA) is 152 Å². The van der Waals surface area contributed by atoms with Crippen LogP contribution in [0.2, 0.25) is 0 Å². The van der Waals surface area contributed by atoms with E-state index in [2.05, 4.69) is 25.9 Å². The molecule has 252 valence electrons. The molecule has 0 aliphatic heterocycles. The Kier molecular flexibility index (Phi) is 13.9. The number of pyridine rings is 2. The first kappa shape index (κ1) is 35.6. The average molecular weight is 654 g/mol. The molecule has 11 heteroatoms. The van der Waals surface area contributed by atoms with Gasteiger partial charge in [0.15, 0.2) is 0 Å². The van der Waals surface area contributed by atoms with Gasteiger partial charge in [-0.05, 0) is 48.4 Å². The van der Waals surface area contributed by atoms with Crippen LogP contribution >= 0.6 is 0 Å². The van der Waals surface area contributed by atoms with Crippen molar-refractivity contribution in [3.05, 3.63) is 132 Å². The quantitative estimate of drug-likeness (QED) is 0.135. The minimum Gasteiger partial charge on any atom is -0.445 e. The molecule has 4 atom stereocenters. The maximum atomic E-state index is 13.7. The smallest absolute Gasteiger partial charge is 0.408 e. The SMILES string of the molecule is CC(C)[C@H](NC(=O)OCc1cccnc1)C(=O)N[C@@H](Cc1ccccc1)[C@@H](O)C[C@H](Cc1ccccc1)NC(=O)OCc1cccnc1. The van der Waals surface area contributed by atoms with Crippen molar-refractivity contribution in [1.82, 2.24) is 25.9 Å². The Labute approximate surface area is 281 Å². The minimum absolute atomic E-state index is 0.00191. The summed E-state index contributed by atoms with van der Waals surface area (Å²) in [5.41, 5.74) is 3.31. The molecule has 11 nitrogen and oxygen atoms in total. The molecule has 0 unspecified atom stereocenters. The summed E-state index contributed by atoms with van der Waals surface area (Å²) >= 11 is 0. The molecule has 48 heavy (non-hydrogen) atoms. The van der Waals surface area contributed by atoms with E-state index in [0.717, 1.165) is 16.7 Å². The van der Waals surface area contributed by atoms with Gasteiger partial charge in [0.2, 0.25) is 5.91 Å². The number of carbonyl (C=O) groups excluding carboxylic acids is 3. The molecule has 2 aromatic carbocycles. The Morgan fingerprint density at radius 3 is 1.67 bits per heavy atom. The highest BCUT2D eigenvalue weighted by molar-refractivity contribution is 5.86. The summed E-state index contributed by atoms with van der Waals surface area (Å²) in [6.07, 6.45) is 4.87. The molecule has 0 radical (unpaired) electrons. The number of aliphatic hydroxyl groups is 1. The van der Waals surface area contributed by atoms with E-state index in [4.69, 9.17) is 9.47 Å². The van der Waals surface area contributed by atoms with Gasteiger partial charge in [0.25, 0.3) is 0 Å². The first-order valence-corrected chi connectivity index (χ1v) is 16.0. The maximum Gasteiger partial charge on any atom is 0.408 e. The molecule has 0 bridgehead atoms. The lowest BCUT2D eigenvalue weighted by molar-refractivity contribution is -0.125. The van der Waals surface area contributed by atoms with Gasteiger partial charge in [0, 0.05) is 42.0 Å². The Morgan fingerprint density at radius 1 is 0.667 bits per heavy atom. The third kappa shape index (κ3) is 12.1. The minimum atomic E-state index is -1.08. The third-order valence-corrected chi connectivity index (χ3v) is 7.67. The van der Waals surface area contributed by atoms with Crippen molar-refractivity contribution in [3.63, 3.8) is 0 Å². The van der Waals surface area contributed by atoms with Crippen molar-refractivity contribution >= 4 is 18.1 Å². The molecule has 4 N–H and O–H groups in total. The van der Waals surface area contributed by atoms with Gasteiger partial charge in [0.1, 0.15) is 19.3 Å². The number of nitrogens with zero attached hydrogens (tertiary/aromatic N) is 2. The van der Waals surface area contributed by atoms with Crippen LogP contribution in [0.1, 0.15) is 42.5 Å². The Hall–Kier alpha value is -5.29. The molecule has 2 aromatic heterocycles. The monoisotopic (exact) mass is 653 g/mol. The second-order valence-electron chi connectivity index (χ2n) is 11.9. The number of carbonyl (C=O) groups is 3. The van der Waals surface area contributed by atoms with Gasteiger partial charge in [-0.1, -0.05) is 86.6 Å². The number of rotatable bonds is 16. The molecule has 0 fully saturated rings. The lowest BCUT2D eigenvalue weighted by Crippen LogP contribution is -2.56. The van der Waals surface area contributed by atoms with Crippen LogP contribution < -0.4 is 16.0 Å². The molecule has 2 heterocycles. The summed E-state index contributed by atoms with van der Waals surface area (Å²) in [7, 11) is 0. The van der Waals surface area contributed by atoms with Gasteiger partial charge >= 0.3 is 12.2 Å². The number of alkyl carbamates (subject to hydrolysis) is 2. The lowest BCUT2D eigenvalue weighted by Gasteiger charge is -2.30. The zero-order valence-electron chi connectivity index (χ0n) is 27.2. The van der Waals surface area contributed by atoms with E-state index in [1.807, 2.05) is 80.6 Å². The van der Waals surface area contributed by atoms with E-state index in [1.54, 1.807) is 43.0 Å². The molecule has 4 aromatic rings. The van der Waals surface area contributed by atoms with Crippen LogP contribution in [0.4, 0.5) is 9.59 Å². The number of benzene rings is 2. The molecular weight excluding hydrogens is 610 g/mol. The highest BCUT2D eigenvalue weighted by Gasteiger charge is 2.31. The van der Waals surface area contributed by atoms with Gasteiger partial charge in [-0.25, -0.2) is 9.59 Å². The average Bonchev–Trinajstić information content (AvgIpc) is 3.10. The number of nitrogens with one attached hydrogen (secondary N) is 3. The van der Waals surface area contributed by atoms with Crippen LogP contribution in [0.15, 0.2) is 110 Å². The Morgan fingerprint density at radius 2 is 1.17 bits per heavy atom. The van der Waals surface area contributed by atoms with E-state index in [0.29, 0.717) is 18.4 Å². The van der Waals surface area contributed by atoms with Crippen LogP contribution in [0.25, 0.3) is 0 Å².